The van der Waals surface area contributed by atoms with Crippen molar-refractivity contribution in [3.05, 3.63) is 0 Å². The molecule has 1 fully saturated rings. The Morgan fingerprint density at radius 1 is 1.00 bits per heavy atom. The molecule has 1 aliphatic carbocycles. The van der Waals surface area contributed by atoms with Crippen LogP contribution in [0, 0.1) is 5.92 Å². The molecule has 0 aromatic heterocycles. The van der Waals surface area contributed by atoms with Gasteiger partial charge in [-0.1, -0.05) is 32.1 Å². The predicted octanol–water partition coefficient (Wildman–Crippen LogP) is 3.38. The molecule has 0 heterocycles. The standard InChI is InChI=1S/C11H22O/c1-10(12-2)11-8-6-4-3-5-7-9-11/h10-11H,3-9H2,1-2H3/t10-/m1/s1. The van der Waals surface area contributed by atoms with Crippen molar-refractivity contribution >= 4 is 0 Å². The Hall–Kier alpha value is -0.0400. The van der Waals surface area contributed by atoms with Crippen LogP contribution in [-0.4, -0.2) is 13.2 Å². The van der Waals surface area contributed by atoms with Crippen molar-refractivity contribution in [3.8, 4) is 0 Å². The second-order valence-electron chi connectivity index (χ2n) is 4.05. The maximum absolute atomic E-state index is 5.39. The third kappa shape index (κ3) is 3.14. The SMILES string of the molecule is CO[C@H](C)C1CCCCCCC1. The lowest BCUT2D eigenvalue weighted by Gasteiger charge is -2.24. The van der Waals surface area contributed by atoms with Gasteiger partial charge in [0.25, 0.3) is 0 Å². The van der Waals surface area contributed by atoms with Crippen LogP contribution in [0.25, 0.3) is 0 Å². The Morgan fingerprint density at radius 3 is 2.00 bits per heavy atom. The van der Waals surface area contributed by atoms with Crippen molar-refractivity contribution in [3.63, 3.8) is 0 Å². The molecule has 1 aliphatic rings. The Balaban J connectivity index is 2.29. The summed E-state index contributed by atoms with van der Waals surface area (Å²) >= 11 is 0. The molecular weight excluding hydrogens is 148 g/mol. The fourth-order valence-electron chi connectivity index (χ4n) is 2.15. The summed E-state index contributed by atoms with van der Waals surface area (Å²) in [6.45, 7) is 2.21. The predicted molar refractivity (Wildman–Crippen MR) is 52.3 cm³/mol. The van der Waals surface area contributed by atoms with Crippen LogP contribution in [0.5, 0.6) is 0 Å². The van der Waals surface area contributed by atoms with Crippen molar-refractivity contribution < 1.29 is 4.74 Å². The summed E-state index contributed by atoms with van der Waals surface area (Å²) in [5, 5.41) is 0. The smallest absolute Gasteiger partial charge is 0.0571 e. The van der Waals surface area contributed by atoms with E-state index in [1.807, 2.05) is 7.11 Å². The zero-order valence-corrected chi connectivity index (χ0v) is 8.51. The summed E-state index contributed by atoms with van der Waals surface area (Å²) in [7, 11) is 1.84. The molecule has 0 aromatic rings. The lowest BCUT2D eigenvalue weighted by molar-refractivity contribution is 0.0553. The van der Waals surface area contributed by atoms with Gasteiger partial charge in [-0.05, 0) is 25.7 Å². The van der Waals surface area contributed by atoms with E-state index in [9.17, 15) is 0 Å². The maximum atomic E-state index is 5.39. The minimum atomic E-state index is 0.475. The minimum absolute atomic E-state index is 0.475. The monoisotopic (exact) mass is 170 g/mol. The Morgan fingerprint density at radius 2 is 1.50 bits per heavy atom. The average molecular weight is 170 g/mol. The van der Waals surface area contributed by atoms with Gasteiger partial charge in [-0.3, -0.25) is 0 Å². The summed E-state index contributed by atoms with van der Waals surface area (Å²) in [6, 6.07) is 0. The van der Waals surface area contributed by atoms with Crippen molar-refractivity contribution in [1.29, 1.82) is 0 Å². The van der Waals surface area contributed by atoms with Gasteiger partial charge < -0.3 is 4.74 Å². The van der Waals surface area contributed by atoms with Crippen LogP contribution in [0.2, 0.25) is 0 Å². The first-order valence-electron chi connectivity index (χ1n) is 5.37. The van der Waals surface area contributed by atoms with E-state index in [0.29, 0.717) is 6.10 Å². The van der Waals surface area contributed by atoms with Gasteiger partial charge >= 0.3 is 0 Å². The van der Waals surface area contributed by atoms with E-state index in [0.717, 1.165) is 5.92 Å². The summed E-state index contributed by atoms with van der Waals surface area (Å²) in [4.78, 5) is 0. The van der Waals surface area contributed by atoms with Crippen LogP contribution in [0.4, 0.5) is 0 Å². The third-order valence-corrected chi connectivity index (χ3v) is 3.19. The van der Waals surface area contributed by atoms with Crippen molar-refractivity contribution in [2.24, 2.45) is 5.92 Å². The number of rotatable bonds is 2. The topological polar surface area (TPSA) is 9.23 Å². The van der Waals surface area contributed by atoms with Gasteiger partial charge in [-0.2, -0.15) is 0 Å². The van der Waals surface area contributed by atoms with Crippen molar-refractivity contribution in [2.45, 2.75) is 58.0 Å². The molecule has 1 atom stereocenters. The highest BCUT2D eigenvalue weighted by Gasteiger charge is 2.17. The van der Waals surface area contributed by atoms with E-state index in [1.54, 1.807) is 0 Å². The van der Waals surface area contributed by atoms with E-state index in [1.165, 1.54) is 44.9 Å². The largest absolute Gasteiger partial charge is 0.381 e. The average Bonchev–Trinajstić information content (AvgIpc) is 2.02. The zero-order valence-electron chi connectivity index (χ0n) is 8.51. The van der Waals surface area contributed by atoms with Crippen LogP contribution >= 0.6 is 0 Å². The Kier molecular flexibility index (Phi) is 4.67. The fourth-order valence-corrected chi connectivity index (χ4v) is 2.15. The molecule has 0 N–H and O–H groups in total. The number of hydrogen-bond acceptors (Lipinski definition) is 1. The van der Waals surface area contributed by atoms with E-state index in [2.05, 4.69) is 6.92 Å². The lowest BCUT2D eigenvalue weighted by Crippen LogP contribution is -2.20. The van der Waals surface area contributed by atoms with Gasteiger partial charge in [-0.25, -0.2) is 0 Å². The Bertz CT molecular complexity index is 104. The number of hydrogen-bond donors (Lipinski definition) is 0. The number of methoxy groups -OCH3 is 1. The number of ether oxygens (including phenoxy) is 1. The highest BCUT2D eigenvalue weighted by molar-refractivity contribution is 4.68. The van der Waals surface area contributed by atoms with Gasteiger partial charge in [0.2, 0.25) is 0 Å². The van der Waals surface area contributed by atoms with Crippen LogP contribution < -0.4 is 0 Å². The van der Waals surface area contributed by atoms with Crippen LogP contribution in [0.15, 0.2) is 0 Å². The molecule has 0 saturated heterocycles. The second kappa shape index (κ2) is 5.58. The van der Waals surface area contributed by atoms with E-state index in [4.69, 9.17) is 4.74 Å². The van der Waals surface area contributed by atoms with Gasteiger partial charge in [0.1, 0.15) is 0 Å². The molecule has 0 amide bonds. The molecule has 12 heavy (non-hydrogen) atoms. The molecule has 1 nitrogen and oxygen atoms in total. The molecule has 1 rings (SSSR count). The highest BCUT2D eigenvalue weighted by atomic mass is 16.5. The lowest BCUT2D eigenvalue weighted by atomic mass is 9.88. The summed E-state index contributed by atoms with van der Waals surface area (Å²) in [6.07, 6.45) is 10.4. The third-order valence-electron chi connectivity index (χ3n) is 3.19. The van der Waals surface area contributed by atoms with Crippen molar-refractivity contribution in [1.82, 2.24) is 0 Å². The first kappa shape index (κ1) is 10.0. The summed E-state index contributed by atoms with van der Waals surface area (Å²) in [5.41, 5.74) is 0. The van der Waals surface area contributed by atoms with Gasteiger partial charge in [0.15, 0.2) is 0 Å². The van der Waals surface area contributed by atoms with E-state index in [-0.39, 0.29) is 0 Å². The molecule has 0 spiro atoms. The van der Waals surface area contributed by atoms with E-state index < -0.39 is 0 Å². The second-order valence-corrected chi connectivity index (χ2v) is 4.05. The first-order valence-corrected chi connectivity index (χ1v) is 5.37. The van der Waals surface area contributed by atoms with E-state index >= 15 is 0 Å². The van der Waals surface area contributed by atoms with Gasteiger partial charge in [-0.15, -0.1) is 0 Å². The minimum Gasteiger partial charge on any atom is -0.381 e. The van der Waals surface area contributed by atoms with Crippen LogP contribution in [0.1, 0.15) is 51.9 Å². The molecular formula is C11H22O. The molecule has 0 bridgehead atoms. The van der Waals surface area contributed by atoms with Crippen molar-refractivity contribution in [2.75, 3.05) is 7.11 Å². The van der Waals surface area contributed by atoms with Crippen LogP contribution in [0.3, 0.4) is 0 Å². The first-order chi connectivity index (χ1) is 5.84. The molecule has 0 aliphatic heterocycles. The zero-order chi connectivity index (χ0) is 8.81. The molecule has 72 valence electrons. The maximum Gasteiger partial charge on any atom is 0.0571 e. The molecule has 1 heteroatoms. The fraction of sp³-hybridized carbons (Fsp3) is 1.00. The Labute approximate surface area is 76.5 Å². The van der Waals surface area contributed by atoms with Gasteiger partial charge in [0.05, 0.1) is 6.10 Å². The molecule has 0 aromatic carbocycles. The molecule has 0 radical (unpaired) electrons. The van der Waals surface area contributed by atoms with Crippen LogP contribution in [-0.2, 0) is 4.74 Å². The summed E-state index contributed by atoms with van der Waals surface area (Å²) < 4.78 is 5.39. The van der Waals surface area contributed by atoms with Gasteiger partial charge in [0, 0.05) is 7.11 Å². The highest BCUT2D eigenvalue weighted by Crippen LogP contribution is 2.25. The normalized spacial score (nSPS) is 24.5. The molecule has 0 unspecified atom stereocenters. The summed E-state index contributed by atoms with van der Waals surface area (Å²) in [5.74, 6) is 0.829. The molecule has 1 saturated carbocycles. The quantitative estimate of drug-likeness (QED) is 0.617.